The molecule has 0 atom stereocenters. The minimum atomic E-state index is -0.563. The summed E-state index contributed by atoms with van der Waals surface area (Å²) < 4.78 is 5.92. The van der Waals surface area contributed by atoms with Crippen molar-refractivity contribution in [2.75, 3.05) is 18.5 Å². The Morgan fingerprint density at radius 3 is 2.61 bits per heavy atom. The summed E-state index contributed by atoms with van der Waals surface area (Å²) in [6.07, 6.45) is 0.314. The summed E-state index contributed by atoms with van der Waals surface area (Å²) in [4.78, 5) is 46.3. The van der Waals surface area contributed by atoms with Crippen LogP contribution in [-0.2, 0) is 29.0 Å². The number of carbonyl (C=O) groups is 3. The molecule has 2 aromatic carbocycles. The Labute approximate surface area is 216 Å². The van der Waals surface area contributed by atoms with Crippen molar-refractivity contribution in [1.29, 1.82) is 0 Å². The van der Waals surface area contributed by atoms with E-state index in [1.54, 1.807) is 6.92 Å². The second-order valence-electron chi connectivity index (χ2n) is 8.50. The molecule has 1 amide bonds. The largest absolute Gasteiger partial charge is 0.466 e. The zero-order valence-electron chi connectivity index (χ0n) is 19.8. The van der Waals surface area contributed by atoms with Gasteiger partial charge in [0.1, 0.15) is 11.4 Å². The third-order valence-electron chi connectivity index (χ3n) is 5.99. The maximum Gasteiger partial charge on any atom is 0.313 e. The summed E-state index contributed by atoms with van der Waals surface area (Å²) in [6, 6.07) is 17.8. The molecule has 0 spiro atoms. The summed E-state index contributed by atoms with van der Waals surface area (Å²) in [5, 5.41) is 3.73. The van der Waals surface area contributed by atoms with Crippen LogP contribution in [0, 0.1) is 0 Å². The van der Waals surface area contributed by atoms with Crippen LogP contribution in [0.25, 0.3) is 10.2 Å². The quantitative estimate of drug-likeness (QED) is 0.193. The standard InChI is InChI=1S/C27H25N3O4S2/c1-2-34-23(32)14-20(31)24-18-12-13-30(15-17-8-4-3-5-9-17)16-22(18)36-26(24)29-25(33)27-28-19-10-6-7-11-21(19)35-27/h3-11H,2,12-16H2,1H3,(H,29,33). The van der Waals surface area contributed by atoms with Crippen molar-refractivity contribution in [3.8, 4) is 0 Å². The van der Waals surface area contributed by atoms with Gasteiger partial charge in [-0.25, -0.2) is 4.98 Å². The van der Waals surface area contributed by atoms with Crippen LogP contribution in [0.3, 0.4) is 0 Å². The number of hydrogen-bond acceptors (Lipinski definition) is 8. The summed E-state index contributed by atoms with van der Waals surface area (Å²) >= 11 is 2.71. The van der Waals surface area contributed by atoms with E-state index in [9.17, 15) is 14.4 Å². The molecular formula is C27H25N3O4S2. The molecule has 5 rings (SSSR count). The van der Waals surface area contributed by atoms with Crippen LogP contribution in [0.15, 0.2) is 54.6 Å². The zero-order chi connectivity index (χ0) is 25.1. The number of esters is 1. The van der Waals surface area contributed by atoms with Crippen LogP contribution in [0.1, 0.15) is 49.5 Å². The van der Waals surface area contributed by atoms with Crippen LogP contribution in [0.4, 0.5) is 5.00 Å². The molecule has 9 heteroatoms. The van der Waals surface area contributed by atoms with E-state index in [1.165, 1.54) is 28.2 Å². The minimum absolute atomic E-state index is 0.212. The number of para-hydroxylation sites is 1. The molecule has 184 valence electrons. The van der Waals surface area contributed by atoms with Crippen LogP contribution in [-0.4, -0.2) is 40.7 Å². The summed E-state index contributed by atoms with van der Waals surface area (Å²) in [5.41, 5.74) is 3.32. The van der Waals surface area contributed by atoms with Gasteiger partial charge in [-0.3, -0.25) is 19.3 Å². The average Bonchev–Trinajstić information content (AvgIpc) is 3.46. The number of anilines is 1. The lowest BCUT2D eigenvalue weighted by Crippen LogP contribution is -2.30. The molecule has 1 N–H and O–H groups in total. The first-order valence-electron chi connectivity index (χ1n) is 11.8. The van der Waals surface area contributed by atoms with Gasteiger partial charge in [0, 0.05) is 24.5 Å². The average molecular weight is 520 g/mol. The van der Waals surface area contributed by atoms with Gasteiger partial charge in [0.2, 0.25) is 0 Å². The molecule has 0 saturated heterocycles. The molecule has 0 fully saturated rings. The number of thiophene rings is 1. The number of nitrogens with zero attached hydrogens (tertiary/aromatic N) is 2. The number of rotatable bonds is 8. The molecule has 7 nitrogen and oxygen atoms in total. The first kappa shape index (κ1) is 24.3. The lowest BCUT2D eigenvalue weighted by Gasteiger charge is -2.27. The third-order valence-corrected chi connectivity index (χ3v) is 8.16. The highest BCUT2D eigenvalue weighted by molar-refractivity contribution is 7.20. The second kappa shape index (κ2) is 10.7. The third kappa shape index (κ3) is 5.23. The number of aromatic nitrogens is 1. The van der Waals surface area contributed by atoms with E-state index in [0.29, 0.717) is 28.5 Å². The van der Waals surface area contributed by atoms with E-state index in [2.05, 4.69) is 27.3 Å². The second-order valence-corrected chi connectivity index (χ2v) is 10.6. The molecule has 0 radical (unpaired) electrons. The van der Waals surface area contributed by atoms with Crippen LogP contribution < -0.4 is 5.32 Å². The zero-order valence-corrected chi connectivity index (χ0v) is 21.4. The van der Waals surface area contributed by atoms with Crippen molar-refractivity contribution in [2.45, 2.75) is 32.9 Å². The first-order chi connectivity index (χ1) is 17.5. The van der Waals surface area contributed by atoms with Crippen LogP contribution >= 0.6 is 22.7 Å². The van der Waals surface area contributed by atoms with Crippen LogP contribution in [0.2, 0.25) is 0 Å². The van der Waals surface area contributed by atoms with Gasteiger partial charge in [-0.05, 0) is 36.6 Å². The molecule has 0 aliphatic carbocycles. The Kier molecular flexibility index (Phi) is 7.22. The predicted octanol–water partition coefficient (Wildman–Crippen LogP) is 5.30. The van der Waals surface area contributed by atoms with Crippen molar-refractivity contribution in [1.82, 2.24) is 9.88 Å². The number of ether oxygens (including phenoxy) is 1. The highest BCUT2D eigenvalue weighted by Gasteiger charge is 2.30. The monoisotopic (exact) mass is 519 g/mol. The number of fused-ring (bicyclic) bond motifs is 2. The highest BCUT2D eigenvalue weighted by Crippen LogP contribution is 2.39. The van der Waals surface area contributed by atoms with Gasteiger partial charge in [0.05, 0.1) is 22.4 Å². The molecule has 0 saturated carbocycles. The fourth-order valence-electron chi connectivity index (χ4n) is 4.37. The van der Waals surface area contributed by atoms with Gasteiger partial charge in [-0.1, -0.05) is 42.5 Å². The van der Waals surface area contributed by atoms with Gasteiger partial charge < -0.3 is 10.1 Å². The minimum Gasteiger partial charge on any atom is -0.466 e. The Balaban J connectivity index is 1.42. The van der Waals surface area contributed by atoms with Gasteiger partial charge in [-0.2, -0.15) is 0 Å². The van der Waals surface area contributed by atoms with E-state index in [-0.39, 0.29) is 24.7 Å². The number of benzene rings is 2. The van der Waals surface area contributed by atoms with E-state index in [0.717, 1.165) is 33.7 Å². The van der Waals surface area contributed by atoms with Crippen LogP contribution in [0.5, 0.6) is 0 Å². The van der Waals surface area contributed by atoms with Gasteiger partial charge in [0.15, 0.2) is 10.8 Å². The Morgan fingerprint density at radius 1 is 1.06 bits per heavy atom. The number of carbonyl (C=O) groups excluding carboxylic acids is 3. The van der Waals surface area contributed by atoms with Crippen molar-refractivity contribution < 1.29 is 19.1 Å². The molecule has 0 unspecified atom stereocenters. The van der Waals surface area contributed by atoms with E-state index in [4.69, 9.17) is 4.74 Å². The fourth-order valence-corrected chi connectivity index (χ4v) is 6.54. The Morgan fingerprint density at radius 2 is 1.83 bits per heavy atom. The number of amides is 1. The van der Waals surface area contributed by atoms with E-state index >= 15 is 0 Å². The summed E-state index contributed by atoms with van der Waals surface area (Å²) in [6.45, 7) is 4.18. The van der Waals surface area contributed by atoms with E-state index < -0.39 is 5.97 Å². The fraction of sp³-hybridized carbons (Fsp3) is 0.259. The number of ketones is 1. The molecular weight excluding hydrogens is 494 g/mol. The number of thiazole rings is 1. The summed E-state index contributed by atoms with van der Waals surface area (Å²) in [7, 11) is 0. The van der Waals surface area contributed by atoms with E-state index in [1.807, 2.05) is 42.5 Å². The first-order valence-corrected chi connectivity index (χ1v) is 13.4. The number of Topliss-reactive ketones (excluding diaryl/α,β-unsaturated/α-hetero) is 1. The smallest absolute Gasteiger partial charge is 0.313 e. The van der Waals surface area contributed by atoms with Gasteiger partial charge >= 0.3 is 5.97 Å². The van der Waals surface area contributed by atoms with Crippen molar-refractivity contribution >= 4 is 55.6 Å². The maximum atomic E-state index is 13.2. The normalized spacial score (nSPS) is 13.4. The van der Waals surface area contributed by atoms with Crippen molar-refractivity contribution in [2.24, 2.45) is 0 Å². The Hall–Kier alpha value is -3.40. The maximum absolute atomic E-state index is 13.2. The number of hydrogen-bond donors (Lipinski definition) is 1. The highest BCUT2D eigenvalue weighted by atomic mass is 32.1. The lowest BCUT2D eigenvalue weighted by molar-refractivity contribution is -0.141. The van der Waals surface area contributed by atoms with Gasteiger partial charge in [-0.15, -0.1) is 22.7 Å². The van der Waals surface area contributed by atoms with Crippen molar-refractivity contribution in [3.05, 3.63) is 81.2 Å². The molecule has 1 aliphatic rings. The van der Waals surface area contributed by atoms with Crippen molar-refractivity contribution in [3.63, 3.8) is 0 Å². The molecule has 2 aromatic heterocycles. The molecule has 1 aliphatic heterocycles. The Bertz CT molecular complexity index is 1390. The SMILES string of the molecule is CCOC(=O)CC(=O)c1c(NC(=O)c2nc3ccccc3s2)sc2c1CCN(Cc1ccccc1)C2. The van der Waals surface area contributed by atoms with Gasteiger partial charge in [0.25, 0.3) is 5.91 Å². The number of nitrogens with one attached hydrogen (secondary N) is 1. The predicted molar refractivity (Wildman–Crippen MR) is 142 cm³/mol. The molecule has 4 aromatic rings. The summed E-state index contributed by atoms with van der Waals surface area (Å²) in [5.74, 6) is -1.25. The topological polar surface area (TPSA) is 88.6 Å². The molecule has 0 bridgehead atoms. The lowest BCUT2D eigenvalue weighted by atomic mass is 9.98. The molecule has 36 heavy (non-hydrogen) atoms. The molecule has 3 heterocycles.